The van der Waals surface area contributed by atoms with E-state index < -0.39 is 0 Å². The van der Waals surface area contributed by atoms with E-state index in [0.717, 1.165) is 51.6 Å². The van der Waals surface area contributed by atoms with E-state index in [0.29, 0.717) is 6.54 Å². The summed E-state index contributed by atoms with van der Waals surface area (Å²) in [6.07, 6.45) is 5.97. The van der Waals surface area contributed by atoms with E-state index in [1.807, 2.05) is 61.0 Å². The summed E-state index contributed by atoms with van der Waals surface area (Å²) in [5.74, 6) is 0.788. The van der Waals surface area contributed by atoms with Gasteiger partial charge in [0.05, 0.1) is 36.2 Å². The fourth-order valence-electron chi connectivity index (χ4n) is 4.29. The molecule has 0 saturated heterocycles. The molecule has 2 aromatic carbocycles. The van der Waals surface area contributed by atoms with Gasteiger partial charge in [0.2, 0.25) is 5.91 Å². The summed E-state index contributed by atoms with van der Waals surface area (Å²) >= 11 is 0. The van der Waals surface area contributed by atoms with E-state index in [1.54, 1.807) is 18.6 Å². The van der Waals surface area contributed by atoms with Crippen LogP contribution < -0.4 is 10.1 Å². The minimum absolute atomic E-state index is 0.0393. The number of aryl methyl sites for hydroxylation is 1. The second-order valence-electron chi connectivity index (χ2n) is 8.21. The molecular weight excluding hydrogens is 414 g/mol. The van der Waals surface area contributed by atoms with Crippen molar-refractivity contribution in [3.05, 3.63) is 89.6 Å². The molecule has 7 nitrogen and oxygen atoms in total. The number of aromatic nitrogens is 4. The maximum absolute atomic E-state index is 12.8. The summed E-state index contributed by atoms with van der Waals surface area (Å²) in [6.45, 7) is 4.39. The van der Waals surface area contributed by atoms with Crippen molar-refractivity contribution in [3.63, 3.8) is 0 Å². The molecule has 166 valence electrons. The van der Waals surface area contributed by atoms with Crippen LogP contribution in [0.2, 0.25) is 0 Å². The van der Waals surface area contributed by atoms with Gasteiger partial charge in [0.1, 0.15) is 11.9 Å². The van der Waals surface area contributed by atoms with Gasteiger partial charge in [-0.3, -0.25) is 14.8 Å². The zero-order valence-electron chi connectivity index (χ0n) is 18.7. The third kappa shape index (κ3) is 4.22. The van der Waals surface area contributed by atoms with Crippen molar-refractivity contribution in [3.8, 4) is 22.7 Å². The molecule has 5 rings (SSSR count). The fraction of sp³-hybridized carbons (Fsp3) is 0.231. The summed E-state index contributed by atoms with van der Waals surface area (Å²) in [4.78, 5) is 21.3. The van der Waals surface area contributed by atoms with Gasteiger partial charge in [-0.2, -0.15) is 5.10 Å². The first-order valence-electron chi connectivity index (χ1n) is 11.0. The molecule has 3 heterocycles. The molecule has 7 heteroatoms. The van der Waals surface area contributed by atoms with Gasteiger partial charge < -0.3 is 10.1 Å². The van der Waals surface area contributed by atoms with Gasteiger partial charge in [-0.1, -0.05) is 30.3 Å². The molecule has 2 aromatic heterocycles. The quantitative estimate of drug-likeness (QED) is 0.496. The summed E-state index contributed by atoms with van der Waals surface area (Å²) in [5, 5.41) is 7.68. The predicted molar refractivity (Wildman–Crippen MR) is 125 cm³/mol. The lowest BCUT2D eigenvalue weighted by Gasteiger charge is -2.13. The van der Waals surface area contributed by atoms with Gasteiger partial charge in [-0.15, -0.1) is 0 Å². The van der Waals surface area contributed by atoms with E-state index >= 15 is 0 Å². The Morgan fingerprint density at radius 1 is 1.12 bits per heavy atom. The summed E-state index contributed by atoms with van der Waals surface area (Å²) in [6, 6.07) is 16.0. The first kappa shape index (κ1) is 20.9. The number of carbonyl (C=O) groups excluding carboxylic acids is 1. The van der Waals surface area contributed by atoms with Crippen LogP contribution in [-0.4, -0.2) is 38.3 Å². The van der Waals surface area contributed by atoms with Crippen molar-refractivity contribution < 1.29 is 9.53 Å². The number of nitrogens with one attached hydrogen (secondary N) is 1. The number of rotatable bonds is 6. The van der Waals surface area contributed by atoms with Crippen molar-refractivity contribution >= 4 is 5.91 Å². The van der Waals surface area contributed by atoms with E-state index in [1.165, 1.54) is 0 Å². The highest BCUT2D eigenvalue weighted by Crippen LogP contribution is 2.37. The van der Waals surface area contributed by atoms with Crippen molar-refractivity contribution in [2.24, 2.45) is 0 Å². The van der Waals surface area contributed by atoms with Gasteiger partial charge in [0, 0.05) is 35.6 Å². The number of carbonyl (C=O) groups is 1. The van der Waals surface area contributed by atoms with Gasteiger partial charge >= 0.3 is 0 Å². The topological polar surface area (TPSA) is 81.9 Å². The molecule has 0 bridgehead atoms. The highest BCUT2D eigenvalue weighted by atomic mass is 16.5. The average molecular weight is 440 g/mol. The van der Waals surface area contributed by atoms with Gasteiger partial charge in [0.15, 0.2) is 0 Å². The normalized spacial score (nSPS) is 14.5. The van der Waals surface area contributed by atoms with E-state index in [-0.39, 0.29) is 18.4 Å². The molecule has 0 radical (unpaired) electrons. The largest absolute Gasteiger partial charge is 0.487 e. The molecule has 1 aliphatic rings. The molecule has 1 aliphatic heterocycles. The molecule has 0 spiro atoms. The maximum atomic E-state index is 12.8. The molecule has 0 aliphatic carbocycles. The molecule has 1 unspecified atom stereocenters. The lowest BCUT2D eigenvalue weighted by molar-refractivity contribution is -0.120. The Balaban J connectivity index is 1.23. The minimum Gasteiger partial charge on any atom is -0.487 e. The number of amides is 1. The van der Waals surface area contributed by atoms with E-state index in [4.69, 9.17) is 4.74 Å². The molecule has 1 N–H and O–H groups in total. The Kier molecular flexibility index (Phi) is 5.60. The van der Waals surface area contributed by atoms with E-state index in [9.17, 15) is 4.79 Å². The van der Waals surface area contributed by atoms with Crippen LogP contribution in [0.3, 0.4) is 0 Å². The first-order chi connectivity index (χ1) is 16.1. The van der Waals surface area contributed by atoms with Crippen LogP contribution in [0.4, 0.5) is 0 Å². The summed E-state index contributed by atoms with van der Waals surface area (Å²) in [7, 11) is 0. The number of fused-ring (bicyclic) bond motifs is 1. The second-order valence-corrected chi connectivity index (χ2v) is 8.21. The number of hydrogen-bond donors (Lipinski definition) is 1. The van der Waals surface area contributed by atoms with E-state index in [2.05, 4.69) is 26.4 Å². The molecule has 33 heavy (non-hydrogen) atoms. The number of nitrogens with zero attached hydrogens (tertiary/aromatic N) is 4. The zero-order valence-corrected chi connectivity index (χ0v) is 18.7. The number of benzene rings is 2. The third-order valence-electron chi connectivity index (χ3n) is 5.97. The van der Waals surface area contributed by atoms with Crippen LogP contribution in [0.15, 0.2) is 67.1 Å². The minimum atomic E-state index is -0.115. The van der Waals surface area contributed by atoms with Crippen molar-refractivity contribution in [1.82, 2.24) is 25.1 Å². The van der Waals surface area contributed by atoms with Crippen LogP contribution >= 0.6 is 0 Å². The van der Waals surface area contributed by atoms with Crippen molar-refractivity contribution in [2.45, 2.75) is 32.8 Å². The SMILES string of the molecule is Cc1nn(-c2ccccc2)c(C)c1CC(=O)NCC1Cc2cccc(-c3cnccn3)c2O1. The molecule has 1 amide bonds. The second kappa shape index (κ2) is 8.86. The Morgan fingerprint density at radius 2 is 1.97 bits per heavy atom. The molecule has 0 saturated carbocycles. The molecular formula is C26H25N5O2. The predicted octanol–water partition coefficient (Wildman–Crippen LogP) is 3.61. The van der Waals surface area contributed by atoms with Crippen molar-refractivity contribution in [2.75, 3.05) is 6.54 Å². The van der Waals surface area contributed by atoms with Crippen LogP contribution in [-0.2, 0) is 17.6 Å². The van der Waals surface area contributed by atoms with Crippen LogP contribution in [0.1, 0.15) is 22.5 Å². The Labute approximate surface area is 192 Å². The smallest absolute Gasteiger partial charge is 0.224 e. The number of ether oxygens (including phenoxy) is 1. The molecule has 4 aromatic rings. The summed E-state index contributed by atoms with van der Waals surface area (Å²) in [5.41, 5.74) is 6.61. The first-order valence-corrected chi connectivity index (χ1v) is 11.0. The molecule has 0 fully saturated rings. The Morgan fingerprint density at radius 3 is 2.76 bits per heavy atom. The maximum Gasteiger partial charge on any atom is 0.224 e. The highest BCUT2D eigenvalue weighted by Gasteiger charge is 2.27. The number of para-hydroxylation sites is 2. The lowest BCUT2D eigenvalue weighted by atomic mass is 10.0. The third-order valence-corrected chi connectivity index (χ3v) is 5.97. The lowest BCUT2D eigenvalue weighted by Crippen LogP contribution is -2.35. The Bertz CT molecular complexity index is 1290. The van der Waals surface area contributed by atoms with Crippen molar-refractivity contribution in [1.29, 1.82) is 0 Å². The van der Waals surface area contributed by atoms with Crippen LogP contribution in [0, 0.1) is 13.8 Å². The highest BCUT2D eigenvalue weighted by molar-refractivity contribution is 5.79. The average Bonchev–Trinajstić information content (AvgIpc) is 3.39. The monoisotopic (exact) mass is 439 g/mol. The van der Waals surface area contributed by atoms with Gasteiger partial charge in [0.25, 0.3) is 0 Å². The molecule has 1 atom stereocenters. The number of hydrogen-bond acceptors (Lipinski definition) is 5. The van der Waals surface area contributed by atoms with Crippen LogP contribution in [0.5, 0.6) is 5.75 Å². The zero-order chi connectivity index (χ0) is 22.8. The fourth-order valence-corrected chi connectivity index (χ4v) is 4.29. The van der Waals surface area contributed by atoms with Gasteiger partial charge in [-0.25, -0.2) is 4.68 Å². The van der Waals surface area contributed by atoms with Crippen LogP contribution in [0.25, 0.3) is 16.9 Å². The Hall–Kier alpha value is -4.00. The standard InChI is InChI=1S/C26H25N5O2/c1-17-23(18(2)31(30-17)20-8-4-3-5-9-20)14-25(32)29-15-21-13-19-7-6-10-22(26(19)33-21)24-16-27-11-12-28-24/h3-12,16,21H,13-15H2,1-2H3,(H,29,32). The summed E-state index contributed by atoms with van der Waals surface area (Å²) < 4.78 is 8.10. The van der Waals surface area contributed by atoms with Gasteiger partial charge in [-0.05, 0) is 37.6 Å².